The molecule has 0 bridgehead atoms. The number of furan rings is 1. The number of thiophene rings is 1. The number of rotatable bonds is 6. The van der Waals surface area contributed by atoms with Crippen LogP contribution < -0.4 is 4.72 Å². The number of nitrogens with one attached hydrogen (secondary N) is 1. The summed E-state index contributed by atoms with van der Waals surface area (Å²) in [5.41, 5.74) is -1.64. The van der Waals surface area contributed by atoms with Gasteiger partial charge in [-0.25, -0.2) is 13.1 Å². The molecule has 3 aromatic rings. The summed E-state index contributed by atoms with van der Waals surface area (Å²) in [6, 6.07) is 10.8. The maximum absolute atomic E-state index is 12.6. The average molecular weight is 418 g/mol. The third-order valence-corrected chi connectivity index (χ3v) is 6.70. The molecule has 0 saturated heterocycles. The van der Waals surface area contributed by atoms with Gasteiger partial charge in [-0.3, -0.25) is 0 Å². The number of benzene rings is 1. The maximum Gasteiger partial charge on any atom is 0.242 e. The van der Waals surface area contributed by atoms with Crippen molar-refractivity contribution < 1.29 is 17.9 Å². The van der Waals surface area contributed by atoms with Gasteiger partial charge in [-0.1, -0.05) is 29.3 Å². The van der Waals surface area contributed by atoms with E-state index >= 15 is 0 Å². The van der Waals surface area contributed by atoms with Crippen molar-refractivity contribution in [2.45, 2.75) is 10.5 Å². The molecule has 0 amide bonds. The lowest BCUT2D eigenvalue weighted by atomic mass is 9.99. The van der Waals surface area contributed by atoms with Crippen molar-refractivity contribution in [3.63, 3.8) is 0 Å². The minimum Gasteiger partial charge on any atom is -0.466 e. The summed E-state index contributed by atoms with van der Waals surface area (Å²) in [5.74, 6) is 0.231. The molecule has 5 nitrogen and oxygen atoms in total. The van der Waals surface area contributed by atoms with Gasteiger partial charge in [0.05, 0.1) is 17.8 Å². The molecule has 1 unspecified atom stereocenters. The van der Waals surface area contributed by atoms with Crippen LogP contribution in [0.5, 0.6) is 0 Å². The Hall–Kier alpha value is -1.35. The molecule has 1 aromatic carbocycles. The molecule has 0 spiro atoms. The Bertz CT molecular complexity index is 920. The highest BCUT2D eigenvalue weighted by atomic mass is 35.5. The molecule has 0 radical (unpaired) electrons. The van der Waals surface area contributed by atoms with E-state index in [0.29, 0.717) is 4.88 Å². The van der Waals surface area contributed by atoms with E-state index in [1.54, 1.807) is 29.6 Å². The van der Waals surface area contributed by atoms with Crippen LogP contribution >= 0.6 is 34.5 Å². The fourth-order valence-corrected chi connectivity index (χ4v) is 4.93. The largest absolute Gasteiger partial charge is 0.466 e. The van der Waals surface area contributed by atoms with Crippen LogP contribution in [0.1, 0.15) is 10.6 Å². The highest BCUT2D eigenvalue weighted by Crippen LogP contribution is 2.33. The second kappa shape index (κ2) is 7.11. The van der Waals surface area contributed by atoms with Gasteiger partial charge in [0, 0.05) is 9.90 Å². The smallest absolute Gasteiger partial charge is 0.242 e. The van der Waals surface area contributed by atoms with E-state index < -0.39 is 15.6 Å². The summed E-state index contributed by atoms with van der Waals surface area (Å²) in [6.45, 7) is -0.327. The lowest BCUT2D eigenvalue weighted by Crippen LogP contribution is -2.41. The van der Waals surface area contributed by atoms with E-state index in [2.05, 4.69) is 4.72 Å². The number of sulfonamides is 1. The Morgan fingerprint density at radius 3 is 2.64 bits per heavy atom. The quantitative estimate of drug-likeness (QED) is 0.637. The van der Waals surface area contributed by atoms with Crippen LogP contribution in [0, 0.1) is 0 Å². The summed E-state index contributed by atoms with van der Waals surface area (Å²) in [7, 11) is -3.99. The van der Waals surface area contributed by atoms with E-state index in [0.717, 1.165) is 0 Å². The number of hydrogen-bond acceptors (Lipinski definition) is 5. The van der Waals surface area contributed by atoms with Crippen molar-refractivity contribution in [2.24, 2.45) is 0 Å². The summed E-state index contributed by atoms with van der Waals surface area (Å²) in [6.07, 6.45) is 1.41. The third kappa shape index (κ3) is 3.76. The molecule has 132 valence electrons. The average Bonchev–Trinajstić information content (AvgIpc) is 3.28. The standard InChI is InChI=1S/C16H13Cl2NO4S2/c17-11-5-6-12(18)13(9-11)25(21,22)19-10-16(20,14-3-1-7-23-14)15-4-2-8-24-15/h1-9,19-20H,10H2. The Labute approximate surface area is 158 Å². The zero-order chi connectivity index (χ0) is 18.1. The summed E-state index contributed by atoms with van der Waals surface area (Å²) < 4.78 is 32.9. The van der Waals surface area contributed by atoms with Gasteiger partial charge in [-0.2, -0.15) is 0 Å². The van der Waals surface area contributed by atoms with Crippen molar-refractivity contribution in [3.05, 3.63) is 74.8 Å². The first-order valence-corrected chi connectivity index (χ1v) is 10.2. The second-order valence-corrected chi connectivity index (χ2v) is 8.74. The van der Waals surface area contributed by atoms with Crippen LogP contribution in [0.15, 0.2) is 63.4 Å². The number of hydrogen-bond donors (Lipinski definition) is 2. The van der Waals surface area contributed by atoms with Crippen molar-refractivity contribution >= 4 is 44.6 Å². The van der Waals surface area contributed by atoms with Crippen LogP contribution in [0.3, 0.4) is 0 Å². The molecule has 9 heteroatoms. The maximum atomic E-state index is 12.6. The molecule has 0 aliphatic carbocycles. The van der Waals surface area contributed by atoms with E-state index in [4.69, 9.17) is 27.6 Å². The van der Waals surface area contributed by atoms with Crippen LogP contribution in [-0.2, 0) is 15.6 Å². The molecule has 3 rings (SSSR count). The fourth-order valence-electron chi connectivity index (χ4n) is 2.28. The number of halogens is 2. The molecule has 2 N–H and O–H groups in total. The zero-order valence-corrected chi connectivity index (χ0v) is 15.8. The lowest BCUT2D eigenvalue weighted by Gasteiger charge is -2.25. The molecule has 0 aliphatic rings. The van der Waals surface area contributed by atoms with Crippen molar-refractivity contribution in [3.8, 4) is 0 Å². The first-order chi connectivity index (χ1) is 11.8. The highest BCUT2D eigenvalue weighted by Gasteiger charge is 2.37. The van der Waals surface area contributed by atoms with Gasteiger partial charge >= 0.3 is 0 Å². The Balaban J connectivity index is 1.93. The van der Waals surface area contributed by atoms with Crippen LogP contribution in [0.4, 0.5) is 0 Å². The Kier molecular flexibility index (Phi) is 5.24. The van der Waals surface area contributed by atoms with Gasteiger partial charge in [0.2, 0.25) is 10.0 Å². The van der Waals surface area contributed by atoms with Crippen molar-refractivity contribution in [1.29, 1.82) is 0 Å². The predicted molar refractivity (Wildman–Crippen MR) is 97.7 cm³/mol. The Morgan fingerprint density at radius 1 is 1.20 bits per heavy atom. The lowest BCUT2D eigenvalue weighted by molar-refractivity contribution is 0.0655. The topological polar surface area (TPSA) is 79.5 Å². The van der Waals surface area contributed by atoms with Crippen LogP contribution in [-0.4, -0.2) is 20.1 Å². The molecule has 0 aliphatic heterocycles. The first kappa shape index (κ1) is 18.4. The minimum absolute atomic E-state index is 0.0366. The highest BCUT2D eigenvalue weighted by molar-refractivity contribution is 7.89. The third-order valence-electron chi connectivity index (χ3n) is 3.56. The van der Waals surface area contributed by atoms with E-state index in [9.17, 15) is 13.5 Å². The molecular weight excluding hydrogens is 405 g/mol. The molecule has 0 saturated carbocycles. The zero-order valence-electron chi connectivity index (χ0n) is 12.6. The SMILES string of the molecule is O=S(=O)(NCC(O)(c1ccco1)c1cccs1)c1cc(Cl)ccc1Cl. The van der Waals surface area contributed by atoms with Gasteiger partial charge in [0.15, 0.2) is 5.60 Å². The fraction of sp³-hybridized carbons (Fsp3) is 0.125. The number of aliphatic hydroxyl groups is 1. The van der Waals surface area contributed by atoms with Gasteiger partial charge in [-0.05, 0) is 41.8 Å². The monoisotopic (exact) mass is 417 g/mol. The minimum atomic E-state index is -3.99. The van der Waals surface area contributed by atoms with Gasteiger partial charge < -0.3 is 9.52 Å². The molecule has 25 heavy (non-hydrogen) atoms. The van der Waals surface area contributed by atoms with Gasteiger partial charge in [-0.15, -0.1) is 11.3 Å². The van der Waals surface area contributed by atoms with Crippen LogP contribution in [0.25, 0.3) is 0 Å². The molecule has 2 heterocycles. The predicted octanol–water partition coefficient (Wildman–Crippen LogP) is 3.86. The first-order valence-electron chi connectivity index (χ1n) is 7.08. The summed E-state index contributed by atoms with van der Waals surface area (Å²) in [4.78, 5) is 0.386. The van der Waals surface area contributed by atoms with Gasteiger partial charge in [0.25, 0.3) is 0 Å². The Morgan fingerprint density at radius 2 is 2.00 bits per heavy atom. The second-order valence-electron chi connectivity index (χ2n) is 5.21. The van der Waals surface area contributed by atoms with E-state index in [-0.39, 0.29) is 27.2 Å². The normalized spacial score (nSPS) is 14.4. The summed E-state index contributed by atoms with van der Waals surface area (Å²) in [5, 5.41) is 13.2. The van der Waals surface area contributed by atoms with Crippen molar-refractivity contribution in [2.75, 3.05) is 6.54 Å². The molecule has 2 aromatic heterocycles. The van der Waals surface area contributed by atoms with E-state index in [1.165, 1.54) is 35.8 Å². The molecule has 1 atom stereocenters. The van der Waals surface area contributed by atoms with E-state index in [1.807, 2.05) is 0 Å². The van der Waals surface area contributed by atoms with Crippen LogP contribution in [0.2, 0.25) is 10.0 Å². The summed E-state index contributed by atoms with van der Waals surface area (Å²) >= 11 is 13.1. The molecule has 0 fully saturated rings. The van der Waals surface area contributed by atoms with Gasteiger partial charge in [0.1, 0.15) is 10.7 Å². The van der Waals surface area contributed by atoms with Crippen molar-refractivity contribution in [1.82, 2.24) is 4.72 Å². The molecular formula is C16H13Cl2NO4S2.